The summed E-state index contributed by atoms with van der Waals surface area (Å²) in [5.41, 5.74) is 0.379. The molecule has 0 aliphatic rings. The molecule has 5 nitrogen and oxygen atoms in total. The van der Waals surface area contributed by atoms with Crippen LogP contribution >= 0.6 is 0 Å². The Labute approximate surface area is 82.2 Å². The summed E-state index contributed by atoms with van der Waals surface area (Å²) < 4.78 is 0. The molecular formula is C9H15N3O2. The highest BCUT2D eigenvalue weighted by Crippen LogP contribution is 2.01. The van der Waals surface area contributed by atoms with Crippen molar-refractivity contribution in [2.24, 2.45) is 0 Å². The maximum Gasteiger partial charge on any atom is 0.266 e. The fraction of sp³-hybridized carbons (Fsp3) is 0.556. The Kier molecular flexibility index (Phi) is 4.12. The van der Waals surface area contributed by atoms with Gasteiger partial charge in [0.05, 0.1) is 18.0 Å². The van der Waals surface area contributed by atoms with Gasteiger partial charge in [-0.05, 0) is 6.42 Å². The van der Waals surface area contributed by atoms with Gasteiger partial charge in [0.25, 0.3) is 5.56 Å². The number of aromatic nitrogens is 2. The van der Waals surface area contributed by atoms with E-state index in [0.717, 1.165) is 12.8 Å². The average molecular weight is 197 g/mol. The number of nitrogens with zero attached hydrogens (tertiary/aromatic N) is 1. The van der Waals surface area contributed by atoms with Crippen LogP contribution in [0.4, 0.5) is 5.69 Å². The Morgan fingerprint density at radius 2 is 2.50 bits per heavy atom. The Morgan fingerprint density at radius 3 is 3.14 bits per heavy atom. The van der Waals surface area contributed by atoms with E-state index in [9.17, 15) is 9.90 Å². The highest BCUT2D eigenvalue weighted by molar-refractivity contribution is 5.38. The molecule has 1 atom stereocenters. The van der Waals surface area contributed by atoms with E-state index in [1.165, 1.54) is 12.3 Å². The third-order valence-electron chi connectivity index (χ3n) is 1.83. The second kappa shape index (κ2) is 5.39. The summed E-state index contributed by atoms with van der Waals surface area (Å²) in [6, 6.07) is 1.41. The van der Waals surface area contributed by atoms with Crippen molar-refractivity contribution in [1.29, 1.82) is 0 Å². The third kappa shape index (κ3) is 3.57. The summed E-state index contributed by atoms with van der Waals surface area (Å²) in [6.45, 7) is 2.46. The highest BCUT2D eigenvalue weighted by atomic mass is 16.3. The summed E-state index contributed by atoms with van der Waals surface area (Å²) in [4.78, 5) is 10.8. The number of nitrogens with one attached hydrogen (secondary N) is 2. The molecule has 3 N–H and O–H groups in total. The van der Waals surface area contributed by atoms with Gasteiger partial charge in [0.2, 0.25) is 0 Å². The molecule has 0 bridgehead atoms. The Hall–Kier alpha value is -1.36. The molecule has 1 aromatic heterocycles. The van der Waals surface area contributed by atoms with Crippen molar-refractivity contribution < 1.29 is 5.11 Å². The van der Waals surface area contributed by atoms with Gasteiger partial charge in [0, 0.05) is 12.6 Å². The lowest BCUT2D eigenvalue weighted by Crippen LogP contribution is -2.20. The quantitative estimate of drug-likeness (QED) is 0.636. The zero-order valence-corrected chi connectivity index (χ0v) is 8.16. The number of hydrogen-bond donors (Lipinski definition) is 3. The van der Waals surface area contributed by atoms with Crippen LogP contribution in [0.25, 0.3) is 0 Å². The van der Waals surface area contributed by atoms with Crippen molar-refractivity contribution in [2.75, 3.05) is 11.9 Å². The van der Waals surface area contributed by atoms with Gasteiger partial charge in [-0.1, -0.05) is 13.3 Å². The summed E-state index contributed by atoms with van der Waals surface area (Å²) in [5, 5.41) is 18.3. The van der Waals surface area contributed by atoms with Crippen molar-refractivity contribution in [1.82, 2.24) is 10.2 Å². The molecule has 0 aromatic carbocycles. The van der Waals surface area contributed by atoms with Crippen LogP contribution in [-0.4, -0.2) is 28.0 Å². The number of rotatable bonds is 5. The van der Waals surface area contributed by atoms with Gasteiger partial charge in [-0.3, -0.25) is 4.79 Å². The van der Waals surface area contributed by atoms with Crippen molar-refractivity contribution in [2.45, 2.75) is 25.9 Å². The van der Waals surface area contributed by atoms with Gasteiger partial charge in [0.15, 0.2) is 0 Å². The molecule has 1 rings (SSSR count). The summed E-state index contributed by atoms with van der Waals surface area (Å²) >= 11 is 0. The molecule has 78 valence electrons. The first kappa shape index (κ1) is 10.7. The minimum atomic E-state index is -0.376. The predicted octanol–water partition coefficient (Wildman–Crippen LogP) is 0.343. The lowest BCUT2D eigenvalue weighted by atomic mass is 10.2. The molecule has 0 amide bonds. The van der Waals surface area contributed by atoms with E-state index in [0.29, 0.717) is 12.2 Å². The number of aliphatic hydroxyl groups excluding tert-OH is 1. The molecule has 1 heterocycles. The van der Waals surface area contributed by atoms with E-state index in [1.807, 2.05) is 6.92 Å². The van der Waals surface area contributed by atoms with Crippen molar-refractivity contribution in [3.05, 3.63) is 22.6 Å². The minimum Gasteiger partial charge on any atom is -0.391 e. The third-order valence-corrected chi connectivity index (χ3v) is 1.83. The number of anilines is 1. The molecule has 0 aliphatic heterocycles. The van der Waals surface area contributed by atoms with Crippen molar-refractivity contribution in [3.8, 4) is 0 Å². The van der Waals surface area contributed by atoms with E-state index in [4.69, 9.17) is 0 Å². The lowest BCUT2D eigenvalue weighted by Gasteiger charge is -2.10. The summed E-state index contributed by atoms with van der Waals surface area (Å²) in [6.07, 6.45) is 2.83. The molecule has 0 spiro atoms. The molecule has 1 aromatic rings. The van der Waals surface area contributed by atoms with Crippen LogP contribution in [0.1, 0.15) is 19.8 Å². The van der Waals surface area contributed by atoms with E-state index in [1.54, 1.807) is 0 Å². The van der Waals surface area contributed by atoms with E-state index in [2.05, 4.69) is 15.5 Å². The smallest absolute Gasteiger partial charge is 0.266 e. The molecule has 14 heavy (non-hydrogen) atoms. The van der Waals surface area contributed by atoms with Crippen molar-refractivity contribution in [3.63, 3.8) is 0 Å². The minimum absolute atomic E-state index is 0.250. The average Bonchev–Trinajstić information content (AvgIpc) is 2.15. The van der Waals surface area contributed by atoms with Gasteiger partial charge >= 0.3 is 0 Å². The van der Waals surface area contributed by atoms with Gasteiger partial charge < -0.3 is 10.4 Å². The Balaban J connectivity index is 2.41. The van der Waals surface area contributed by atoms with Crippen LogP contribution in [0.15, 0.2) is 17.1 Å². The first-order valence-corrected chi connectivity index (χ1v) is 4.69. The van der Waals surface area contributed by atoms with Gasteiger partial charge in [0.1, 0.15) is 0 Å². The predicted molar refractivity (Wildman–Crippen MR) is 54.3 cm³/mol. The molecule has 5 heteroatoms. The molecule has 1 unspecified atom stereocenters. The standard InChI is InChI=1S/C9H15N3O2/c1-2-3-8(13)6-10-7-4-9(14)12-11-5-7/h4-5,8,13H,2-3,6H2,1H3,(H2,10,12,14). The topological polar surface area (TPSA) is 78.0 Å². The second-order valence-corrected chi connectivity index (χ2v) is 3.16. The van der Waals surface area contributed by atoms with Crippen LogP contribution in [0.2, 0.25) is 0 Å². The molecule has 0 saturated heterocycles. The molecule has 0 saturated carbocycles. The van der Waals surface area contributed by atoms with E-state index in [-0.39, 0.29) is 11.7 Å². The van der Waals surface area contributed by atoms with E-state index < -0.39 is 0 Å². The van der Waals surface area contributed by atoms with Gasteiger partial charge in [-0.25, -0.2) is 5.10 Å². The lowest BCUT2D eigenvalue weighted by molar-refractivity contribution is 0.176. The van der Waals surface area contributed by atoms with Crippen LogP contribution < -0.4 is 10.9 Å². The SMILES string of the molecule is CCCC(O)CNc1cn[nH]c(=O)c1. The zero-order valence-electron chi connectivity index (χ0n) is 8.16. The summed E-state index contributed by atoms with van der Waals surface area (Å²) in [5.74, 6) is 0. The number of H-pyrrole nitrogens is 1. The fourth-order valence-corrected chi connectivity index (χ4v) is 1.14. The molecule has 0 aliphatic carbocycles. The van der Waals surface area contributed by atoms with Crippen LogP contribution in [-0.2, 0) is 0 Å². The molecule has 0 fully saturated rings. The normalized spacial score (nSPS) is 12.4. The van der Waals surface area contributed by atoms with Crippen molar-refractivity contribution >= 4 is 5.69 Å². The number of aliphatic hydroxyl groups is 1. The van der Waals surface area contributed by atoms with Crippen LogP contribution in [0.5, 0.6) is 0 Å². The van der Waals surface area contributed by atoms with Crippen LogP contribution in [0.3, 0.4) is 0 Å². The first-order chi connectivity index (χ1) is 6.72. The fourth-order valence-electron chi connectivity index (χ4n) is 1.14. The monoisotopic (exact) mass is 197 g/mol. The maximum atomic E-state index is 10.8. The number of hydrogen-bond acceptors (Lipinski definition) is 4. The zero-order chi connectivity index (χ0) is 10.4. The van der Waals surface area contributed by atoms with Gasteiger partial charge in [-0.2, -0.15) is 5.10 Å². The van der Waals surface area contributed by atoms with E-state index >= 15 is 0 Å². The maximum absolute atomic E-state index is 10.8. The molecular weight excluding hydrogens is 182 g/mol. The number of aromatic amines is 1. The Morgan fingerprint density at radius 1 is 1.71 bits per heavy atom. The largest absolute Gasteiger partial charge is 0.391 e. The highest BCUT2D eigenvalue weighted by Gasteiger charge is 2.01. The Bertz CT molecular complexity index is 324. The summed E-state index contributed by atoms with van der Waals surface area (Å²) in [7, 11) is 0. The first-order valence-electron chi connectivity index (χ1n) is 4.69. The second-order valence-electron chi connectivity index (χ2n) is 3.16. The van der Waals surface area contributed by atoms with Gasteiger partial charge in [-0.15, -0.1) is 0 Å². The molecule has 0 radical (unpaired) electrons. The van der Waals surface area contributed by atoms with Crippen LogP contribution in [0, 0.1) is 0 Å².